The van der Waals surface area contributed by atoms with Crippen LogP contribution in [-0.2, 0) is 21.4 Å². The number of carbonyl (C=O) groups is 1. The molecule has 3 aromatic rings. The molecule has 0 aromatic heterocycles. The third-order valence-electron chi connectivity index (χ3n) is 4.88. The SMILES string of the molecule is CCOc1ccc(S(=O)(=O)N(C)CC(=O)NCc2cccc3ccccc23)cc1C. The van der Waals surface area contributed by atoms with E-state index in [2.05, 4.69) is 5.32 Å². The standard InChI is InChI=1S/C23H26N2O4S/c1-4-29-22-13-12-20(14-17(22)2)30(27,28)25(3)16-23(26)24-15-19-10-7-9-18-8-5-6-11-21(18)19/h5-14H,4,15-16H2,1-3H3,(H,24,26). The highest BCUT2D eigenvalue weighted by molar-refractivity contribution is 7.89. The second-order valence-corrected chi connectivity index (χ2v) is 9.08. The van der Waals surface area contributed by atoms with Crippen LogP contribution in [0.1, 0.15) is 18.1 Å². The van der Waals surface area contributed by atoms with Gasteiger partial charge < -0.3 is 10.1 Å². The molecule has 0 aliphatic carbocycles. The summed E-state index contributed by atoms with van der Waals surface area (Å²) >= 11 is 0. The lowest BCUT2D eigenvalue weighted by molar-refractivity contribution is -0.121. The van der Waals surface area contributed by atoms with Crippen LogP contribution in [0, 0.1) is 6.92 Å². The number of hydrogen-bond acceptors (Lipinski definition) is 4. The van der Waals surface area contributed by atoms with Crippen molar-refractivity contribution in [3.8, 4) is 5.75 Å². The van der Waals surface area contributed by atoms with Gasteiger partial charge in [-0.3, -0.25) is 4.79 Å². The molecule has 0 saturated heterocycles. The minimum absolute atomic E-state index is 0.132. The zero-order chi connectivity index (χ0) is 21.7. The molecule has 7 heteroatoms. The summed E-state index contributed by atoms with van der Waals surface area (Å²) in [6.45, 7) is 4.23. The molecule has 0 atom stereocenters. The normalized spacial score (nSPS) is 11.6. The monoisotopic (exact) mass is 426 g/mol. The van der Waals surface area contributed by atoms with Crippen LogP contribution in [-0.4, -0.2) is 38.8 Å². The van der Waals surface area contributed by atoms with Gasteiger partial charge in [-0.25, -0.2) is 8.42 Å². The van der Waals surface area contributed by atoms with Gasteiger partial charge in [0.1, 0.15) is 5.75 Å². The van der Waals surface area contributed by atoms with Crippen LogP contribution >= 0.6 is 0 Å². The van der Waals surface area contributed by atoms with Crippen LogP contribution in [0.15, 0.2) is 65.6 Å². The first kappa shape index (κ1) is 21.8. The van der Waals surface area contributed by atoms with Crippen molar-refractivity contribution >= 4 is 26.7 Å². The summed E-state index contributed by atoms with van der Waals surface area (Å²) in [7, 11) is -2.39. The number of rotatable bonds is 8. The van der Waals surface area contributed by atoms with E-state index in [1.807, 2.05) is 49.4 Å². The van der Waals surface area contributed by atoms with Crippen molar-refractivity contribution in [2.24, 2.45) is 0 Å². The molecule has 0 radical (unpaired) electrons. The van der Waals surface area contributed by atoms with Gasteiger partial charge in [0, 0.05) is 13.6 Å². The highest BCUT2D eigenvalue weighted by Gasteiger charge is 2.23. The number of carbonyl (C=O) groups excluding carboxylic acids is 1. The number of benzene rings is 3. The van der Waals surface area contributed by atoms with Gasteiger partial charge in [-0.15, -0.1) is 0 Å². The number of likely N-dealkylation sites (N-methyl/N-ethyl adjacent to an activating group) is 1. The number of fused-ring (bicyclic) bond motifs is 1. The second-order valence-electron chi connectivity index (χ2n) is 7.04. The number of sulfonamides is 1. The summed E-state index contributed by atoms with van der Waals surface area (Å²) in [5, 5.41) is 4.97. The smallest absolute Gasteiger partial charge is 0.243 e. The molecule has 3 aromatic carbocycles. The van der Waals surface area contributed by atoms with Gasteiger partial charge in [0.2, 0.25) is 15.9 Å². The van der Waals surface area contributed by atoms with E-state index < -0.39 is 10.0 Å². The molecule has 3 rings (SSSR count). The Hall–Kier alpha value is -2.90. The van der Waals surface area contributed by atoms with E-state index >= 15 is 0 Å². The number of hydrogen-bond donors (Lipinski definition) is 1. The van der Waals surface area contributed by atoms with E-state index in [1.54, 1.807) is 19.1 Å². The first-order valence-corrected chi connectivity index (χ1v) is 11.2. The third kappa shape index (κ3) is 4.80. The summed E-state index contributed by atoms with van der Waals surface area (Å²) in [6.07, 6.45) is 0. The lowest BCUT2D eigenvalue weighted by Gasteiger charge is -2.18. The maximum atomic E-state index is 12.8. The van der Waals surface area contributed by atoms with E-state index in [0.717, 1.165) is 26.2 Å². The van der Waals surface area contributed by atoms with Gasteiger partial charge in [0.05, 0.1) is 18.0 Å². The van der Waals surface area contributed by atoms with Crippen LogP contribution < -0.4 is 10.1 Å². The van der Waals surface area contributed by atoms with Crippen molar-refractivity contribution < 1.29 is 17.9 Å². The minimum Gasteiger partial charge on any atom is -0.494 e. The van der Waals surface area contributed by atoms with E-state index in [4.69, 9.17) is 4.74 Å². The first-order chi connectivity index (χ1) is 14.3. The molecule has 6 nitrogen and oxygen atoms in total. The highest BCUT2D eigenvalue weighted by atomic mass is 32.2. The van der Waals surface area contributed by atoms with Gasteiger partial charge >= 0.3 is 0 Å². The van der Waals surface area contributed by atoms with E-state index in [9.17, 15) is 13.2 Å². The fourth-order valence-electron chi connectivity index (χ4n) is 3.26. The topological polar surface area (TPSA) is 75.7 Å². The molecule has 0 unspecified atom stereocenters. The summed E-state index contributed by atoms with van der Waals surface area (Å²) in [6, 6.07) is 18.5. The van der Waals surface area contributed by atoms with Crippen LogP contribution in [0.4, 0.5) is 0 Å². The van der Waals surface area contributed by atoms with E-state index in [-0.39, 0.29) is 17.3 Å². The molecule has 1 N–H and O–H groups in total. The molecule has 0 aliphatic heterocycles. The lowest BCUT2D eigenvalue weighted by atomic mass is 10.0. The summed E-state index contributed by atoms with van der Waals surface area (Å²) in [5.41, 5.74) is 1.71. The second kappa shape index (κ2) is 9.28. The fraction of sp³-hybridized carbons (Fsp3) is 0.261. The van der Waals surface area contributed by atoms with Crippen LogP contribution in [0.5, 0.6) is 5.75 Å². The number of amides is 1. The zero-order valence-electron chi connectivity index (χ0n) is 17.4. The molecule has 0 bridgehead atoms. The molecule has 1 amide bonds. The number of nitrogens with one attached hydrogen (secondary N) is 1. The van der Waals surface area contributed by atoms with E-state index in [1.165, 1.54) is 13.1 Å². The molecule has 30 heavy (non-hydrogen) atoms. The van der Waals surface area contributed by atoms with Crippen molar-refractivity contribution in [2.45, 2.75) is 25.3 Å². The Kier molecular flexibility index (Phi) is 6.74. The highest BCUT2D eigenvalue weighted by Crippen LogP contribution is 2.23. The van der Waals surface area contributed by atoms with E-state index in [0.29, 0.717) is 18.9 Å². The molecular weight excluding hydrogens is 400 g/mol. The van der Waals surface area contributed by atoms with Crippen LogP contribution in [0.3, 0.4) is 0 Å². The molecular formula is C23H26N2O4S. The quantitative estimate of drug-likeness (QED) is 0.598. The Balaban J connectivity index is 1.66. The minimum atomic E-state index is -3.79. The number of nitrogens with zero attached hydrogens (tertiary/aromatic N) is 1. The molecule has 0 heterocycles. The van der Waals surface area contributed by atoms with Gasteiger partial charge in [0.25, 0.3) is 0 Å². The zero-order valence-corrected chi connectivity index (χ0v) is 18.2. The molecule has 0 saturated carbocycles. The summed E-state index contributed by atoms with van der Waals surface area (Å²) in [4.78, 5) is 12.5. The van der Waals surface area contributed by atoms with Gasteiger partial charge in [-0.1, -0.05) is 42.5 Å². The molecule has 158 valence electrons. The Labute approximate surface area is 177 Å². The van der Waals surface area contributed by atoms with Crippen molar-refractivity contribution in [3.05, 3.63) is 71.8 Å². The lowest BCUT2D eigenvalue weighted by Crippen LogP contribution is -2.38. The van der Waals surface area contributed by atoms with Crippen molar-refractivity contribution in [1.82, 2.24) is 9.62 Å². The predicted octanol–water partition coefficient (Wildman–Crippen LogP) is 3.48. The molecule has 0 aliphatic rings. The Morgan fingerprint density at radius 2 is 1.80 bits per heavy atom. The maximum absolute atomic E-state index is 12.8. The van der Waals surface area contributed by atoms with Crippen molar-refractivity contribution in [3.63, 3.8) is 0 Å². The average Bonchev–Trinajstić information content (AvgIpc) is 2.73. The first-order valence-electron chi connectivity index (χ1n) is 9.76. The van der Waals surface area contributed by atoms with Gasteiger partial charge in [-0.2, -0.15) is 4.31 Å². The fourth-order valence-corrected chi connectivity index (χ4v) is 4.48. The Morgan fingerprint density at radius 3 is 2.53 bits per heavy atom. The number of aryl methyl sites for hydroxylation is 1. The van der Waals surface area contributed by atoms with Crippen molar-refractivity contribution in [2.75, 3.05) is 20.2 Å². The Morgan fingerprint density at radius 1 is 1.07 bits per heavy atom. The van der Waals surface area contributed by atoms with Crippen LogP contribution in [0.2, 0.25) is 0 Å². The maximum Gasteiger partial charge on any atom is 0.243 e. The van der Waals surface area contributed by atoms with Gasteiger partial charge in [-0.05, 0) is 53.9 Å². The van der Waals surface area contributed by atoms with Crippen molar-refractivity contribution in [1.29, 1.82) is 0 Å². The summed E-state index contributed by atoms with van der Waals surface area (Å²) in [5.74, 6) is 0.281. The average molecular weight is 427 g/mol. The Bertz CT molecular complexity index is 1150. The summed E-state index contributed by atoms with van der Waals surface area (Å²) < 4.78 is 32.2. The number of ether oxygens (including phenoxy) is 1. The third-order valence-corrected chi connectivity index (χ3v) is 6.68. The molecule has 0 spiro atoms. The molecule has 0 fully saturated rings. The predicted molar refractivity (Wildman–Crippen MR) is 118 cm³/mol. The largest absolute Gasteiger partial charge is 0.494 e. The van der Waals surface area contributed by atoms with Gasteiger partial charge in [0.15, 0.2) is 0 Å². The van der Waals surface area contributed by atoms with Crippen LogP contribution in [0.25, 0.3) is 10.8 Å².